The molecule has 1 spiro atoms. The van der Waals surface area contributed by atoms with Crippen LogP contribution >= 0.6 is 11.6 Å². The lowest BCUT2D eigenvalue weighted by atomic mass is 9.71. The zero-order valence-electron chi connectivity index (χ0n) is 19.7. The van der Waals surface area contributed by atoms with E-state index in [0.29, 0.717) is 41.4 Å². The van der Waals surface area contributed by atoms with E-state index in [1.807, 2.05) is 44.2 Å². The van der Waals surface area contributed by atoms with Gasteiger partial charge in [0.2, 0.25) is 0 Å². The number of amidine groups is 1. The van der Waals surface area contributed by atoms with E-state index in [9.17, 15) is 9.18 Å². The van der Waals surface area contributed by atoms with Crippen molar-refractivity contribution in [2.45, 2.75) is 50.7 Å². The Balaban J connectivity index is 1.64. The molecule has 2 aliphatic rings. The average Bonchev–Trinajstić information content (AvgIpc) is 3.03. The number of fused-ring (bicyclic) bond motifs is 2. The summed E-state index contributed by atoms with van der Waals surface area (Å²) in [6, 6.07) is 14.0. The molecule has 0 amide bonds. The van der Waals surface area contributed by atoms with Crippen molar-refractivity contribution < 1.29 is 13.9 Å². The topological polar surface area (TPSA) is 77.6 Å². The Morgan fingerprint density at radius 3 is 2.74 bits per heavy atom. The van der Waals surface area contributed by atoms with Gasteiger partial charge in [0.1, 0.15) is 23.0 Å². The third kappa shape index (κ3) is 4.20. The van der Waals surface area contributed by atoms with Crippen LogP contribution in [0.1, 0.15) is 44.2 Å². The first-order chi connectivity index (χ1) is 16.7. The molecule has 1 aromatic heterocycles. The van der Waals surface area contributed by atoms with E-state index in [0.717, 1.165) is 23.1 Å². The highest BCUT2D eigenvalue weighted by Gasteiger charge is 2.57. The third-order valence-corrected chi connectivity index (χ3v) is 7.10. The Kier molecular flexibility index (Phi) is 5.88. The number of hydrogen-bond acceptors (Lipinski definition) is 5. The molecule has 5 rings (SSSR count). The third-order valence-electron chi connectivity index (χ3n) is 6.90. The van der Waals surface area contributed by atoms with Crippen LogP contribution in [0.2, 0.25) is 5.02 Å². The molecule has 2 aromatic carbocycles. The summed E-state index contributed by atoms with van der Waals surface area (Å²) in [4.78, 5) is 23.0. The quantitative estimate of drug-likeness (QED) is 0.483. The highest BCUT2D eigenvalue weighted by atomic mass is 35.5. The first kappa shape index (κ1) is 23.5. The van der Waals surface area contributed by atoms with Crippen LogP contribution in [0.5, 0.6) is 5.75 Å². The van der Waals surface area contributed by atoms with Crippen molar-refractivity contribution in [1.82, 2.24) is 4.98 Å². The summed E-state index contributed by atoms with van der Waals surface area (Å²) in [5.41, 5.74) is 7.57. The number of benzene rings is 2. The summed E-state index contributed by atoms with van der Waals surface area (Å²) in [5, 5.41) is 0.524. The predicted molar refractivity (Wildman–Crippen MR) is 135 cm³/mol. The maximum atomic E-state index is 14.0. The Morgan fingerprint density at radius 2 is 2.00 bits per heavy atom. The predicted octanol–water partition coefficient (Wildman–Crippen LogP) is 5.88. The molecule has 0 radical (unpaired) electrons. The minimum Gasteiger partial charge on any atom is -0.487 e. The summed E-state index contributed by atoms with van der Waals surface area (Å²) in [5.74, 6) is 0.205. The van der Waals surface area contributed by atoms with Crippen molar-refractivity contribution in [2.75, 3.05) is 0 Å². The molecule has 0 saturated heterocycles. The van der Waals surface area contributed by atoms with E-state index >= 15 is 0 Å². The molecule has 3 heterocycles. The fourth-order valence-corrected chi connectivity index (χ4v) is 5.64. The van der Waals surface area contributed by atoms with Crippen LogP contribution in [0.15, 0.2) is 65.9 Å². The smallest absolute Gasteiger partial charge is 0.175 e. The van der Waals surface area contributed by atoms with Crippen LogP contribution in [0.3, 0.4) is 0 Å². The number of rotatable bonds is 5. The Morgan fingerprint density at radius 1 is 1.17 bits per heavy atom. The highest BCUT2D eigenvalue weighted by molar-refractivity contribution is 6.30. The largest absolute Gasteiger partial charge is 0.487 e. The summed E-state index contributed by atoms with van der Waals surface area (Å²) < 4.78 is 20.4. The maximum absolute atomic E-state index is 14.0. The first-order valence-corrected chi connectivity index (χ1v) is 12.2. The number of carbonyl (C=O) groups is 1. The molecule has 0 bridgehead atoms. The van der Waals surface area contributed by atoms with Crippen molar-refractivity contribution in [3.63, 3.8) is 0 Å². The second kappa shape index (κ2) is 8.76. The number of nitrogens with zero attached hydrogens (tertiary/aromatic N) is 2. The number of aromatic nitrogens is 1. The standard InChI is InChI=1S/C28H27ClFN3O2/c1-3-5-22-25(34)28(33-26(22)31)16-27(2,13-17-6-4-7-21(30)10-17)35-24-9-8-18(12-23(24)28)19-11-20(29)15-32-14-19/h4,6-12,14-15,22H,3,5,13,16H2,1-2H3,(H2,31,33). The van der Waals surface area contributed by atoms with Gasteiger partial charge in [-0.2, -0.15) is 0 Å². The molecule has 35 heavy (non-hydrogen) atoms. The number of nitrogens with two attached hydrogens (primary N) is 1. The summed E-state index contributed by atoms with van der Waals surface area (Å²) >= 11 is 6.17. The molecule has 3 atom stereocenters. The van der Waals surface area contributed by atoms with Gasteiger partial charge in [0.15, 0.2) is 11.3 Å². The molecule has 7 heteroatoms. The van der Waals surface area contributed by atoms with Crippen LogP contribution in [-0.2, 0) is 16.8 Å². The second-order valence-electron chi connectivity index (χ2n) is 9.74. The lowest BCUT2D eigenvalue weighted by molar-refractivity contribution is -0.128. The molecule has 0 fully saturated rings. The molecular formula is C28H27ClFN3O2. The van der Waals surface area contributed by atoms with Crippen LogP contribution < -0.4 is 10.5 Å². The fourth-order valence-electron chi connectivity index (χ4n) is 5.47. The van der Waals surface area contributed by atoms with Crippen molar-refractivity contribution in [2.24, 2.45) is 16.6 Å². The van der Waals surface area contributed by atoms with Gasteiger partial charge in [0, 0.05) is 36.4 Å². The molecule has 180 valence electrons. The van der Waals surface area contributed by atoms with Crippen LogP contribution in [0.25, 0.3) is 11.1 Å². The number of Topliss-reactive ketones (excluding diaryl/α,β-unsaturated/α-hetero) is 1. The van der Waals surface area contributed by atoms with Gasteiger partial charge in [0.25, 0.3) is 0 Å². The average molecular weight is 492 g/mol. The number of carbonyl (C=O) groups excluding carboxylic acids is 1. The van der Waals surface area contributed by atoms with E-state index in [-0.39, 0.29) is 11.6 Å². The molecule has 0 aliphatic carbocycles. The maximum Gasteiger partial charge on any atom is 0.175 e. The Labute approximate surface area is 209 Å². The number of ether oxygens (including phenoxy) is 1. The molecule has 5 nitrogen and oxygen atoms in total. The number of hydrogen-bond donors (Lipinski definition) is 1. The van der Waals surface area contributed by atoms with Crippen molar-refractivity contribution in [1.29, 1.82) is 0 Å². The van der Waals surface area contributed by atoms with E-state index in [4.69, 9.17) is 27.1 Å². The van der Waals surface area contributed by atoms with Crippen molar-refractivity contribution in [3.8, 4) is 16.9 Å². The van der Waals surface area contributed by atoms with E-state index in [1.54, 1.807) is 18.5 Å². The van der Waals surface area contributed by atoms with E-state index < -0.39 is 17.1 Å². The van der Waals surface area contributed by atoms with Crippen LogP contribution in [0, 0.1) is 11.7 Å². The van der Waals surface area contributed by atoms with Gasteiger partial charge in [-0.25, -0.2) is 4.39 Å². The monoisotopic (exact) mass is 491 g/mol. The van der Waals surface area contributed by atoms with Gasteiger partial charge < -0.3 is 10.5 Å². The lowest BCUT2D eigenvalue weighted by Gasteiger charge is -2.44. The Bertz CT molecular complexity index is 1340. The molecule has 0 saturated carbocycles. The van der Waals surface area contributed by atoms with Crippen LogP contribution in [0.4, 0.5) is 4.39 Å². The SMILES string of the molecule is CCCC1C(=O)C2(CC(C)(Cc3cccc(F)c3)Oc3ccc(-c4cncc(Cl)c4)cc32)N=C1N. The molecular weight excluding hydrogens is 465 g/mol. The van der Waals surface area contributed by atoms with Crippen molar-refractivity contribution >= 4 is 23.2 Å². The number of halogens is 2. The Hall–Kier alpha value is -3.25. The lowest BCUT2D eigenvalue weighted by Crippen LogP contribution is -2.50. The summed E-state index contributed by atoms with van der Waals surface area (Å²) in [6.45, 7) is 3.98. The zero-order chi connectivity index (χ0) is 24.8. The van der Waals surface area contributed by atoms with Gasteiger partial charge in [-0.15, -0.1) is 0 Å². The van der Waals surface area contributed by atoms with Gasteiger partial charge in [-0.1, -0.05) is 43.1 Å². The van der Waals surface area contributed by atoms with E-state index in [2.05, 4.69) is 4.98 Å². The summed E-state index contributed by atoms with van der Waals surface area (Å²) in [7, 11) is 0. The minimum absolute atomic E-state index is 0.00626. The number of aliphatic imine (C=N–C) groups is 1. The molecule has 2 aliphatic heterocycles. The number of ketones is 1. The van der Waals surface area contributed by atoms with E-state index in [1.165, 1.54) is 12.1 Å². The highest BCUT2D eigenvalue weighted by Crippen LogP contribution is 2.52. The van der Waals surface area contributed by atoms with Gasteiger partial charge in [-0.3, -0.25) is 14.8 Å². The molecule has 3 unspecified atom stereocenters. The zero-order valence-corrected chi connectivity index (χ0v) is 20.5. The van der Waals surface area contributed by atoms with Gasteiger partial charge in [-0.05, 0) is 54.8 Å². The van der Waals surface area contributed by atoms with Crippen molar-refractivity contribution in [3.05, 3.63) is 82.9 Å². The first-order valence-electron chi connectivity index (χ1n) is 11.8. The number of pyridine rings is 1. The van der Waals surface area contributed by atoms with Gasteiger partial charge in [0.05, 0.1) is 10.9 Å². The fraction of sp³-hybridized carbons (Fsp3) is 0.321. The minimum atomic E-state index is -1.17. The molecule has 2 N–H and O–H groups in total. The second-order valence-corrected chi connectivity index (χ2v) is 10.2. The molecule has 3 aromatic rings. The normalized spacial score (nSPS) is 25.3. The van der Waals surface area contributed by atoms with Crippen LogP contribution in [-0.4, -0.2) is 22.2 Å². The van der Waals surface area contributed by atoms with Gasteiger partial charge >= 0.3 is 0 Å². The summed E-state index contributed by atoms with van der Waals surface area (Å²) in [6.07, 6.45) is 5.50.